The second kappa shape index (κ2) is 8.22. The molecule has 27 heavy (non-hydrogen) atoms. The van der Waals surface area contributed by atoms with Gasteiger partial charge in [0.15, 0.2) is 5.82 Å². The van der Waals surface area contributed by atoms with Crippen LogP contribution in [0.2, 0.25) is 0 Å². The van der Waals surface area contributed by atoms with Gasteiger partial charge in [0.25, 0.3) is 0 Å². The number of hydrogen-bond donors (Lipinski definition) is 2. The van der Waals surface area contributed by atoms with Gasteiger partial charge in [-0.15, -0.1) is 5.10 Å². The van der Waals surface area contributed by atoms with E-state index in [-0.39, 0.29) is 18.3 Å². The maximum atomic E-state index is 12.2. The van der Waals surface area contributed by atoms with Gasteiger partial charge in [0, 0.05) is 6.07 Å². The normalized spacial score (nSPS) is 10.3. The van der Waals surface area contributed by atoms with Crippen LogP contribution >= 0.6 is 0 Å². The number of carbonyl (C=O) groups excluding carboxylic acids is 1. The standard InChI is InChI=1S/C19H20N4O4/c1-25-13-6-4-12(5-7-13)10-17(24)20-19-21-18(22-23-19)15-9-8-14(26-2)11-16(15)27-3/h4-9,11H,10H2,1-3H3,(H2,20,21,22,23,24). The van der Waals surface area contributed by atoms with Gasteiger partial charge in [0.05, 0.1) is 33.3 Å². The fourth-order valence-electron chi connectivity index (χ4n) is 2.53. The maximum absolute atomic E-state index is 12.2. The van der Waals surface area contributed by atoms with Gasteiger partial charge in [-0.05, 0) is 29.8 Å². The van der Waals surface area contributed by atoms with Crippen LogP contribution in [-0.4, -0.2) is 42.4 Å². The number of anilines is 1. The molecule has 2 N–H and O–H groups in total. The number of nitrogens with one attached hydrogen (secondary N) is 2. The Morgan fingerprint density at radius 2 is 1.70 bits per heavy atom. The number of methoxy groups -OCH3 is 3. The first kappa shape index (κ1) is 18.2. The Balaban J connectivity index is 1.69. The Labute approximate surface area is 156 Å². The van der Waals surface area contributed by atoms with Crippen molar-refractivity contribution in [1.29, 1.82) is 0 Å². The molecule has 0 fully saturated rings. The number of hydrogen-bond acceptors (Lipinski definition) is 6. The van der Waals surface area contributed by atoms with Crippen molar-refractivity contribution in [2.45, 2.75) is 6.42 Å². The maximum Gasteiger partial charge on any atom is 0.249 e. The van der Waals surface area contributed by atoms with Gasteiger partial charge < -0.3 is 14.2 Å². The molecule has 0 spiro atoms. The van der Waals surface area contributed by atoms with E-state index in [1.807, 2.05) is 24.3 Å². The summed E-state index contributed by atoms with van der Waals surface area (Å²) in [7, 11) is 4.74. The van der Waals surface area contributed by atoms with Crippen LogP contribution in [0.4, 0.5) is 5.95 Å². The van der Waals surface area contributed by atoms with Crippen LogP contribution in [0.3, 0.4) is 0 Å². The monoisotopic (exact) mass is 368 g/mol. The molecule has 3 aromatic rings. The summed E-state index contributed by atoms with van der Waals surface area (Å²) in [6, 6.07) is 12.6. The van der Waals surface area contributed by atoms with Crippen LogP contribution < -0.4 is 19.5 Å². The average molecular weight is 368 g/mol. The molecule has 0 saturated heterocycles. The lowest BCUT2D eigenvalue weighted by Crippen LogP contribution is -2.15. The minimum absolute atomic E-state index is 0.196. The molecule has 0 aliphatic heterocycles. The molecule has 0 bridgehead atoms. The number of benzene rings is 2. The van der Waals surface area contributed by atoms with Gasteiger partial charge in [0.2, 0.25) is 11.9 Å². The van der Waals surface area contributed by atoms with E-state index in [9.17, 15) is 4.79 Å². The number of amides is 1. The molecule has 3 rings (SSSR count). The number of H-pyrrole nitrogens is 1. The minimum atomic E-state index is -0.215. The van der Waals surface area contributed by atoms with Crippen LogP contribution in [0.1, 0.15) is 5.56 Å². The highest BCUT2D eigenvalue weighted by atomic mass is 16.5. The van der Waals surface area contributed by atoms with Gasteiger partial charge in [0.1, 0.15) is 17.2 Å². The summed E-state index contributed by atoms with van der Waals surface area (Å²) in [4.78, 5) is 16.5. The lowest BCUT2D eigenvalue weighted by molar-refractivity contribution is -0.115. The molecule has 0 atom stereocenters. The second-order valence-electron chi connectivity index (χ2n) is 5.65. The van der Waals surface area contributed by atoms with E-state index < -0.39 is 0 Å². The third-order valence-electron chi connectivity index (χ3n) is 3.92. The Morgan fingerprint density at radius 3 is 2.37 bits per heavy atom. The van der Waals surface area contributed by atoms with Gasteiger partial charge in [-0.1, -0.05) is 12.1 Å². The van der Waals surface area contributed by atoms with Gasteiger partial charge >= 0.3 is 0 Å². The molecule has 8 heteroatoms. The Kier molecular flexibility index (Phi) is 5.55. The first-order valence-electron chi connectivity index (χ1n) is 8.20. The SMILES string of the molecule is COc1ccc(CC(=O)Nc2n[nH]c(-c3ccc(OC)cc3OC)n2)cc1. The van der Waals surface area contributed by atoms with Crippen molar-refractivity contribution in [3.05, 3.63) is 48.0 Å². The highest BCUT2D eigenvalue weighted by Crippen LogP contribution is 2.31. The lowest BCUT2D eigenvalue weighted by atomic mass is 10.1. The highest BCUT2D eigenvalue weighted by molar-refractivity contribution is 5.90. The van der Waals surface area contributed by atoms with E-state index in [0.717, 1.165) is 11.3 Å². The number of aromatic amines is 1. The zero-order valence-corrected chi connectivity index (χ0v) is 15.3. The zero-order chi connectivity index (χ0) is 19.2. The first-order valence-corrected chi connectivity index (χ1v) is 8.20. The Bertz CT molecular complexity index is 922. The average Bonchev–Trinajstić information content (AvgIpc) is 3.16. The molecule has 0 aliphatic carbocycles. The van der Waals surface area contributed by atoms with Crippen LogP contribution in [0.25, 0.3) is 11.4 Å². The van der Waals surface area contributed by atoms with Crippen molar-refractivity contribution in [2.75, 3.05) is 26.6 Å². The highest BCUT2D eigenvalue weighted by Gasteiger charge is 2.14. The molecule has 2 aromatic carbocycles. The molecule has 140 valence electrons. The van der Waals surface area contributed by atoms with Crippen LogP contribution in [0.15, 0.2) is 42.5 Å². The third kappa shape index (κ3) is 4.35. The summed E-state index contributed by atoms with van der Waals surface area (Å²) >= 11 is 0. The van der Waals surface area contributed by atoms with E-state index in [1.54, 1.807) is 39.5 Å². The summed E-state index contributed by atoms with van der Waals surface area (Å²) in [5.41, 5.74) is 1.57. The van der Waals surface area contributed by atoms with E-state index in [2.05, 4.69) is 20.5 Å². The second-order valence-corrected chi connectivity index (χ2v) is 5.65. The van der Waals surface area contributed by atoms with E-state index in [4.69, 9.17) is 14.2 Å². The number of nitrogens with zero attached hydrogens (tertiary/aromatic N) is 2. The summed E-state index contributed by atoms with van der Waals surface area (Å²) in [6.07, 6.45) is 0.208. The summed E-state index contributed by atoms with van der Waals surface area (Å²) in [6.45, 7) is 0. The molecule has 1 heterocycles. The number of rotatable bonds is 7. The minimum Gasteiger partial charge on any atom is -0.497 e. The first-order chi connectivity index (χ1) is 13.1. The molecular formula is C19H20N4O4. The number of aromatic nitrogens is 3. The van der Waals surface area contributed by atoms with Crippen molar-refractivity contribution >= 4 is 11.9 Å². The van der Waals surface area contributed by atoms with Crippen molar-refractivity contribution in [3.63, 3.8) is 0 Å². The largest absolute Gasteiger partial charge is 0.497 e. The van der Waals surface area contributed by atoms with Crippen LogP contribution in [0, 0.1) is 0 Å². The van der Waals surface area contributed by atoms with Gasteiger partial charge in [-0.2, -0.15) is 4.98 Å². The third-order valence-corrected chi connectivity index (χ3v) is 3.92. The Morgan fingerprint density at radius 1 is 1.00 bits per heavy atom. The zero-order valence-electron chi connectivity index (χ0n) is 15.3. The quantitative estimate of drug-likeness (QED) is 0.665. The molecule has 0 saturated carbocycles. The molecular weight excluding hydrogens is 348 g/mol. The van der Waals surface area contributed by atoms with Crippen molar-refractivity contribution in [1.82, 2.24) is 15.2 Å². The van der Waals surface area contributed by atoms with Crippen LogP contribution in [-0.2, 0) is 11.2 Å². The van der Waals surface area contributed by atoms with E-state index in [0.29, 0.717) is 22.9 Å². The number of carbonyl (C=O) groups is 1. The molecule has 8 nitrogen and oxygen atoms in total. The van der Waals surface area contributed by atoms with Crippen molar-refractivity contribution in [2.24, 2.45) is 0 Å². The van der Waals surface area contributed by atoms with E-state index in [1.165, 1.54) is 0 Å². The molecule has 1 amide bonds. The molecule has 0 aliphatic rings. The molecule has 1 aromatic heterocycles. The summed E-state index contributed by atoms with van der Waals surface area (Å²) in [5, 5.41) is 9.53. The molecule has 0 unspecified atom stereocenters. The lowest BCUT2D eigenvalue weighted by Gasteiger charge is -2.07. The predicted octanol–water partition coefficient (Wildman–Crippen LogP) is 2.68. The molecule has 0 radical (unpaired) electrons. The Hall–Kier alpha value is -3.55. The summed E-state index contributed by atoms with van der Waals surface area (Å²) < 4.78 is 15.7. The fourth-order valence-corrected chi connectivity index (χ4v) is 2.53. The van der Waals surface area contributed by atoms with Gasteiger partial charge in [-0.25, -0.2) is 0 Å². The van der Waals surface area contributed by atoms with E-state index >= 15 is 0 Å². The smallest absolute Gasteiger partial charge is 0.249 e. The fraction of sp³-hybridized carbons (Fsp3) is 0.211. The van der Waals surface area contributed by atoms with Gasteiger partial charge in [-0.3, -0.25) is 15.2 Å². The predicted molar refractivity (Wildman–Crippen MR) is 100 cm³/mol. The van der Waals surface area contributed by atoms with Crippen molar-refractivity contribution in [3.8, 4) is 28.6 Å². The topological polar surface area (TPSA) is 98.4 Å². The van der Waals surface area contributed by atoms with Crippen LogP contribution in [0.5, 0.6) is 17.2 Å². The van der Waals surface area contributed by atoms with Crippen molar-refractivity contribution < 1.29 is 19.0 Å². The number of ether oxygens (including phenoxy) is 3. The summed E-state index contributed by atoms with van der Waals surface area (Å²) in [5.74, 6) is 2.46.